The van der Waals surface area contributed by atoms with Crippen molar-refractivity contribution in [1.82, 2.24) is 0 Å². The molecule has 2 rings (SSSR count). The summed E-state index contributed by atoms with van der Waals surface area (Å²) < 4.78 is 5.49. The number of aliphatic hydroxyl groups is 1. The van der Waals surface area contributed by atoms with E-state index in [1.807, 2.05) is 36.4 Å². The van der Waals surface area contributed by atoms with E-state index in [-0.39, 0.29) is 0 Å². The molecule has 0 aromatic heterocycles. The molecular weight excluding hydrogens is 216 g/mol. The summed E-state index contributed by atoms with van der Waals surface area (Å²) in [7, 11) is 3.30. The van der Waals surface area contributed by atoms with Crippen molar-refractivity contribution in [2.24, 2.45) is 0 Å². The van der Waals surface area contributed by atoms with E-state index < -0.39 is 6.10 Å². The van der Waals surface area contributed by atoms with Crippen LogP contribution in [0.3, 0.4) is 0 Å². The van der Waals surface area contributed by atoms with Gasteiger partial charge in [-0.3, -0.25) is 0 Å². The van der Waals surface area contributed by atoms with Crippen LogP contribution >= 0.6 is 0 Å². The minimum absolute atomic E-state index is 0.456. The summed E-state index contributed by atoms with van der Waals surface area (Å²) in [6, 6.07) is 11.7. The van der Waals surface area contributed by atoms with Crippen LogP contribution in [0.4, 0.5) is 0 Å². The van der Waals surface area contributed by atoms with Gasteiger partial charge in [-0.25, -0.2) is 0 Å². The van der Waals surface area contributed by atoms with Crippen molar-refractivity contribution in [2.75, 3.05) is 6.23 Å². The Morgan fingerprint density at radius 2 is 1.88 bits per heavy atom. The molecule has 3 heteroatoms. The van der Waals surface area contributed by atoms with E-state index in [1.54, 1.807) is 6.92 Å². The van der Waals surface area contributed by atoms with Crippen LogP contribution in [0.2, 0.25) is 0 Å². The number of aliphatic hydroxyl groups excluding tert-OH is 1. The highest BCUT2D eigenvalue weighted by Crippen LogP contribution is 2.31. The normalized spacial score (nSPS) is 12.7. The molecule has 16 heavy (non-hydrogen) atoms. The number of benzene rings is 2. The third-order valence-electron chi connectivity index (χ3n) is 2.60. The van der Waals surface area contributed by atoms with Gasteiger partial charge < -0.3 is 9.84 Å². The van der Waals surface area contributed by atoms with Gasteiger partial charge in [0, 0.05) is 5.39 Å². The molecule has 1 N–H and O–H groups in total. The van der Waals surface area contributed by atoms with Crippen LogP contribution in [0.5, 0.6) is 5.75 Å². The second-order valence-electron chi connectivity index (χ2n) is 3.66. The van der Waals surface area contributed by atoms with Crippen LogP contribution in [0.15, 0.2) is 36.4 Å². The first-order valence-electron chi connectivity index (χ1n) is 5.21. The first kappa shape index (κ1) is 11.2. The Labute approximate surface area is 98.3 Å². The van der Waals surface area contributed by atoms with Crippen LogP contribution < -0.4 is 4.74 Å². The summed E-state index contributed by atoms with van der Waals surface area (Å²) in [6.07, 6.45) is -0.0136. The van der Waals surface area contributed by atoms with Gasteiger partial charge in [0.15, 0.2) is 0 Å². The van der Waals surface area contributed by atoms with Crippen LogP contribution in [0.25, 0.3) is 10.8 Å². The SMILES string of the molecule is CC(O)c1ccc(OC[Si])c2ccccc12. The summed E-state index contributed by atoms with van der Waals surface area (Å²) in [6.45, 7) is 1.77. The first-order valence-corrected chi connectivity index (χ1v) is 5.92. The van der Waals surface area contributed by atoms with Crippen LogP contribution in [0.1, 0.15) is 18.6 Å². The number of hydrogen-bond donors (Lipinski definition) is 1. The van der Waals surface area contributed by atoms with Gasteiger partial charge in [0.25, 0.3) is 0 Å². The van der Waals surface area contributed by atoms with Crippen LogP contribution in [-0.2, 0) is 0 Å². The number of fused-ring (bicyclic) bond motifs is 1. The monoisotopic (exact) mass is 229 g/mol. The fraction of sp³-hybridized carbons (Fsp3) is 0.231. The lowest BCUT2D eigenvalue weighted by Crippen LogP contribution is -1.98. The first-order chi connectivity index (χ1) is 7.74. The summed E-state index contributed by atoms with van der Waals surface area (Å²) in [5.74, 6) is 0.829. The third kappa shape index (κ3) is 1.96. The lowest BCUT2D eigenvalue weighted by atomic mass is 10.0. The minimum Gasteiger partial charge on any atom is -0.497 e. The second-order valence-corrected chi connectivity index (χ2v) is 3.95. The van der Waals surface area contributed by atoms with E-state index in [0.29, 0.717) is 6.23 Å². The predicted molar refractivity (Wildman–Crippen MR) is 65.8 cm³/mol. The van der Waals surface area contributed by atoms with E-state index in [1.165, 1.54) is 0 Å². The molecule has 2 aromatic rings. The standard InChI is InChI=1S/C13H13O2Si/c1-9(14)10-6-7-13(15-8-16)12-5-3-2-4-11(10)12/h2-7,9,14H,8H2,1H3. The molecule has 0 bridgehead atoms. The van der Waals surface area contributed by atoms with Crippen molar-refractivity contribution in [3.8, 4) is 5.75 Å². The molecule has 81 valence electrons. The third-order valence-corrected chi connectivity index (χ3v) is 2.74. The Morgan fingerprint density at radius 1 is 1.19 bits per heavy atom. The van der Waals surface area contributed by atoms with E-state index in [9.17, 15) is 5.11 Å². The fourth-order valence-electron chi connectivity index (χ4n) is 1.86. The zero-order chi connectivity index (χ0) is 11.5. The van der Waals surface area contributed by atoms with Crippen molar-refractivity contribution in [3.63, 3.8) is 0 Å². The van der Waals surface area contributed by atoms with E-state index in [2.05, 4.69) is 10.2 Å². The van der Waals surface area contributed by atoms with Gasteiger partial charge in [-0.05, 0) is 23.9 Å². The molecular formula is C13H13O2Si. The molecule has 1 unspecified atom stereocenters. The van der Waals surface area contributed by atoms with Crippen molar-refractivity contribution in [2.45, 2.75) is 13.0 Å². The van der Waals surface area contributed by atoms with Gasteiger partial charge in [-0.1, -0.05) is 30.3 Å². The Morgan fingerprint density at radius 3 is 2.50 bits per heavy atom. The highest BCUT2D eigenvalue weighted by Gasteiger charge is 2.09. The molecule has 0 amide bonds. The van der Waals surface area contributed by atoms with Crippen molar-refractivity contribution in [1.29, 1.82) is 0 Å². The highest BCUT2D eigenvalue weighted by atomic mass is 28.1. The quantitative estimate of drug-likeness (QED) is 0.819. The molecule has 0 aliphatic heterocycles. The Bertz CT molecular complexity index is 494. The Hall–Kier alpha value is -1.32. The Kier molecular flexibility index (Phi) is 3.27. The molecule has 0 heterocycles. The summed E-state index contributed by atoms with van der Waals surface area (Å²) in [4.78, 5) is 0. The number of hydrogen-bond acceptors (Lipinski definition) is 2. The smallest absolute Gasteiger partial charge is 0.126 e. The summed E-state index contributed by atoms with van der Waals surface area (Å²) in [5, 5.41) is 11.8. The predicted octanol–water partition coefficient (Wildman–Crippen LogP) is 2.40. The maximum Gasteiger partial charge on any atom is 0.126 e. The molecule has 0 spiro atoms. The van der Waals surface area contributed by atoms with E-state index in [4.69, 9.17) is 4.74 Å². The largest absolute Gasteiger partial charge is 0.497 e. The minimum atomic E-state index is -0.470. The highest BCUT2D eigenvalue weighted by molar-refractivity contribution is 6.08. The lowest BCUT2D eigenvalue weighted by Gasteiger charge is -2.13. The van der Waals surface area contributed by atoms with Crippen LogP contribution in [-0.4, -0.2) is 21.6 Å². The maximum absolute atomic E-state index is 9.69. The molecule has 0 aliphatic rings. The zero-order valence-corrected chi connectivity index (χ0v) is 10.1. The Balaban J connectivity index is 2.67. The average molecular weight is 229 g/mol. The second kappa shape index (κ2) is 4.68. The van der Waals surface area contributed by atoms with Crippen LogP contribution in [0, 0.1) is 0 Å². The molecule has 3 radical (unpaired) electrons. The van der Waals surface area contributed by atoms with Gasteiger partial charge >= 0.3 is 0 Å². The van der Waals surface area contributed by atoms with Gasteiger partial charge in [0.1, 0.15) is 5.75 Å². The van der Waals surface area contributed by atoms with Gasteiger partial charge in [0.05, 0.1) is 22.6 Å². The van der Waals surface area contributed by atoms with E-state index in [0.717, 1.165) is 22.1 Å². The molecule has 1 atom stereocenters. The molecule has 0 saturated carbocycles. The molecule has 0 fully saturated rings. The van der Waals surface area contributed by atoms with Gasteiger partial charge in [-0.2, -0.15) is 0 Å². The van der Waals surface area contributed by atoms with Crippen molar-refractivity contribution >= 4 is 21.0 Å². The zero-order valence-electron chi connectivity index (χ0n) is 9.10. The van der Waals surface area contributed by atoms with E-state index >= 15 is 0 Å². The number of rotatable bonds is 3. The van der Waals surface area contributed by atoms with Gasteiger partial charge in [-0.15, -0.1) is 0 Å². The molecule has 2 nitrogen and oxygen atoms in total. The average Bonchev–Trinajstić information content (AvgIpc) is 2.29. The summed E-state index contributed by atoms with van der Waals surface area (Å²) >= 11 is 0. The fourth-order valence-corrected chi connectivity index (χ4v) is 2.02. The lowest BCUT2D eigenvalue weighted by molar-refractivity contribution is 0.201. The maximum atomic E-state index is 9.69. The van der Waals surface area contributed by atoms with Crippen molar-refractivity contribution < 1.29 is 9.84 Å². The van der Waals surface area contributed by atoms with Crippen molar-refractivity contribution in [3.05, 3.63) is 42.0 Å². The van der Waals surface area contributed by atoms with Gasteiger partial charge in [0.2, 0.25) is 0 Å². The number of ether oxygens (including phenoxy) is 1. The molecule has 0 aliphatic carbocycles. The molecule has 2 aromatic carbocycles. The summed E-state index contributed by atoms with van der Waals surface area (Å²) in [5.41, 5.74) is 0.928. The molecule has 0 saturated heterocycles. The topological polar surface area (TPSA) is 29.5 Å².